The monoisotopic (exact) mass is 321 g/mol. The number of hydrogen-bond acceptors (Lipinski definition) is 2. The van der Waals surface area contributed by atoms with Crippen LogP contribution >= 0.6 is 21.1 Å². The molecule has 2 rings (SSSR count). The lowest BCUT2D eigenvalue weighted by Crippen LogP contribution is -2.42. The summed E-state index contributed by atoms with van der Waals surface area (Å²) in [5.41, 5.74) is 2.51. The fraction of sp³-hybridized carbons (Fsp3) is 0.385. The minimum atomic E-state index is -4.74. The molecular formula is C13H12ClF3NOP. The molecule has 2 atom stereocenters. The third kappa shape index (κ3) is 2.88. The van der Waals surface area contributed by atoms with Gasteiger partial charge in [0, 0.05) is 31.7 Å². The predicted octanol–water partition coefficient (Wildman–Crippen LogP) is 3.90. The molecule has 108 valence electrons. The van der Waals surface area contributed by atoms with Crippen molar-refractivity contribution >= 4 is 26.8 Å². The standard InChI is InChI=1S/C13H12ClF3NOP/c14-9-3-4-11(18)10(7-9)12(19-20,13(15,16)17)6-5-8-1-2-8/h3-4,7-8H,1-2,18,20H2. The smallest absolute Gasteiger partial charge is 0.398 e. The number of rotatable bonds is 2. The van der Waals surface area contributed by atoms with Gasteiger partial charge >= 0.3 is 6.18 Å². The summed E-state index contributed by atoms with van der Waals surface area (Å²) in [4.78, 5) is 0. The van der Waals surface area contributed by atoms with E-state index in [1.807, 2.05) is 0 Å². The molecule has 2 nitrogen and oxygen atoms in total. The lowest BCUT2D eigenvalue weighted by Gasteiger charge is -2.30. The highest BCUT2D eigenvalue weighted by Gasteiger charge is 2.57. The molecule has 1 saturated carbocycles. The lowest BCUT2D eigenvalue weighted by atomic mass is 9.92. The first-order valence-corrected chi connectivity index (χ1v) is 6.68. The van der Waals surface area contributed by atoms with Crippen LogP contribution in [0.5, 0.6) is 0 Å². The van der Waals surface area contributed by atoms with Crippen molar-refractivity contribution in [2.24, 2.45) is 5.92 Å². The summed E-state index contributed by atoms with van der Waals surface area (Å²) in [6, 6.07) is 3.86. The van der Waals surface area contributed by atoms with E-state index in [1.165, 1.54) is 12.1 Å². The fourth-order valence-corrected chi connectivity index (χ4v) is 2.21. The third-order valence-electron chi connectivity index (χ3n) is 3.00. The van der Waals surface area contributed by atoms with Gasteiger partial charge in [0.2, 0.25) is 0 Å². The normalized spacial score (nSPS) is 18.1. The summed E-state index contributed by atoms with van der Waals surface area (Å²) >= 11 is 5.77. The van der Waals surface area contributed by atoms with Crippen molar-refractivity contribution in [3.8, 4) is 11.8 Å². The Labute approximate surface area is 122 Å². The number of hydrogen-bond donors (Lipinski definition) is 1. The van der Waals surface area contributed by atoms with E-state index in [-0.39, 0.29) is 22.2 Å². The molecule has 1 aliphatic carbocycles. The Bertz CT molecular complexity index is 577. The molecule has 0 saturated heterocycles. The molecule has 7 heteroatoms. The summed E-state index contributed by atoms with van der Waals surface area (Å²) in [7, 11) is 1.63. The van der Waals surface area contributed by atoms with Crippen molar-refractivity contribution in [3.63, 3.8) is 0 Å². The first-order chi connectivity index (χ1) is 9.30. The van der Waals surface area contributed by atoms with E-state index in [2.05, 4.69) is 16.4 Å². The molecule has 0 bridgehead atoms. The first kappa shape index (κ1) is 15.4. The molecule has 0 aliphatic heterocycles. The molecule has 0 heterocycles. The van der Waals surface area contributed by atoms with E-state index in [0.717, 1.165) is 18.9 Å². The van der Waals surface area contributed by atoms with Gasteiger partial charge in [0.15, 0.2) is 0 Å². The average molecular weight is 322 g/mol. The van der Waals surface area contributed by atoms with Crippen LogP contribution in [-0.4, -0.2) is 6.18 Å². The van der Waals surface area contributed by atoms with Gasteiger partial charge in [0.25, 0.3) is 5.60 Å². The third-order valence-corrected chi connectivity index (χ3v) is 3.59. The average Bonchev–Trinajstić information content (AvgIpc) is 3.17. The Morgan fingerprint density at radius 1 is 1.35 bits per heavy atom. The first-order valence-electron chi connectivity index (χ1n) is 5.83. The van der Waals surface area contributed by atoms with Crippen LogP contribution in [0.25, 0.3) is 0 Å². The lowest BCUT2D eigenvalue weighted by molar-refractivity contribution is -0.226. The van der Waals surface area contributed by atoms with Gasteiger partial charge in [-0.2, -0.15) is 13.2 Å². The number of halogens is 4. The number of nitrogen functional groups attached to an aromatic ring is 1. The van der Waals surface area contributed by atoms with E-state index < -0.39 is 11.8 Å². The second-order valence-electron chi connectivity index (χ2n) is 4.57. The van der Waals surface area contributed by atoms with Crippen LogP contribution in [0.1, 0.15) is 18.4 Å². The van der Waals surface area contributed by atoms with Gasteiger partial charge in [-0.25, -0.2) is 0 Å². The summed E-state index contributed by atoms with van der Waals surface area (Å²) < 4.78 is 45.2. The second kappa shape index (κ2) is 5.44. The van der Waals surface area contributed by atoms with Crippen LogP contribution in [0.2, 0.25) is 5.02 Å². The minimum absolute atomic E-state index is 0.00252. The molecule has 0 amide bonds. The summed E-state index contributed by atoms with van der Waals surface area (Å²) in [6.45, 7) is 0. The molecule has 1 aromatic carbocycles. The van der Waals surface area contributed by atoms with Gasteiger partial charge < -0.3 is 10.3 Å². The van der Waals surface area contributed by atoms with Crippen molar-refractivity contribution in [1.82, 2.24) is 0 Å². The topological polar surface area (TPSA) is 35.2 Å². The predicted molar refractivity (Wildman–Crippen MR) is 74.9 cm³/mol. The van der Waals surface area contributed by atoms with Crippen molar-refractivity contribution in [2.75, 3.05) is 5.73 Å². The van der Waals surface area contributed by atoms with Crippen molar-refractivity contribution in [3.05, 3.63) is 28.8 Å². The highest BCUT2D eigenvalue weighted by molar-refractivity contribution is 7.09. The van der Waals surface area contributed by atoms with E-state index in [9.17, 15) is 13.2 Å². The van der Waals surface area contributed by atoms with Crippen LogP contribution in [0.3, 0.4) is 0 Å². The van der Waals surface area contributed by atoms with Crippen LogP contribution < -0.4 is 5.73 Å². The largest absolute Gasteiger partial charge is 0.433 e. The van der Waals surface area contributed by atoms with Gasteiger partial charge in [-0.05, 0) is 31.0 Å². The zero-order chi connectivity index (χ0) is 15.0. The molecule has 1 aromatic rings. The maximum atomic E-state index is 13.5. The van der Waals surface area contributed by atoms with Gasteiger partial charge in [0.1, 0.15) is 0 Å². The van der Waals surface area contributed by atoms with Gasteiger partial charge in [-0.15, -0.1) is 0 Å². The molecule has 20 heavy (non-hydrogen) atoms. The Kier molecular flexibility index (Phi) is 4.20. The van der Waals surface area contributed by atoms with Gasteiger partial charge in [-0.3, -0.25) is 0 Å². The maximum Gasteiger partial charge on any atom is 0.433 e. The van der Waals surface area contributed by atoms with Crippen LogP contribution in [0.15, 0.2) is 18.2 Å². The molecule has 1 aliphatic rings. The van der Waals surface area contributed by atoms with Crippen LogP contribution in [0, 0.1) is 17.8 Å². The molecule has 0 aromatic heterocycles. The summed E-state index contributed by atoms with van der Waals surface area (Å²) in [5, 5.41) is 0.137. The molecule has 0 spiro atoms. The number of nitrogens with two attached hydrogens (primary N) is 1. The minimum Gasteiger partial charge on any atom is -0.398 e. The fourth-order valence-electron chi connectivity index (χ4n) is 1.72. The molecular weight excluding hydrogens is 310 g/mol. The van der Waals surface area contributed by atoms with E-state index in [1.54, 1.807) is 9.47 Å². The Balaban J connectivity index is 2.61. The van der Waals surface area contributed by atoms with E-state index in [0.29, 0.717) is 0 Å². The van der Waals surface area contributed by atoms with Crippen molar-refractivity contribution in [2.45, 2.75) is 24.6 Å². The van der Waals surface area contributed by atoms with Crippen molar-refractivity contribution in [1.29, 1.82) is 0 Å². The van der Waals surface area contributed by atoms with Crippen LogP contribution in [0.4, 0.5) is 18.9 Å². The highest BCUT2D eigenvalue weighted by atomic mass is 35.5. The number of alkyl halides is 3. The highest BCUT2D eigenvalue weighted by Crippen LogP contribution is 2.46. The SMILES string of the molecule is Nc1ccc(Cl)cc1C(C#CC1CC1)(OP)C(F)(F)F. The zero-order valence-corrected chi connectivity index (χ0v) is 12.2. The Hall–Kier alpha value is -0.950. The number of anilines is 1. The quantitative estimate of drug-likeness (QED) is 0.509. The van der Waals surface area contributed by atoms with E-state index >= 15 is 0 Å². The van der Waals surface area contributed by atoms with Crippen molar-refractivity contribution < 1.29 is 17.7 Å². The molecule has 0 radical (unpaired) electrons. The molecule has 2 unspecified atom stereocenters. The molecule has 1 fully saturated rings. The second-order valence-corrected chi connectivity index (χ2v) is 5.24. The molecule has 2 N–H and O–H groups in total. The number of benzene rings is 1. The Morgan fingerprint density at radius 2 is 2.00 bits per heavy atom. The summed E-state index contributed by atoms with van der Waals surface area (Å²) in [5.74, 6) is 4.80. The van der Waals surface area contributed by atoms with Gasteiger partial charge in [-0.1, -0.05) is 23.4 Å². The maximum absolute atomic E-state index is 13.5. The van der Waals surface area contributed by atoms with Crippen LogP contribution in [-0.2, 0) is 10.1 Å². The summed E-state index contributed by atoms with van der Waals surface area (Å²) in [6.07, 6.45) is -3.12. The van der Waals surface area contributed by atoms with E-state index in [4.69, 9.17) is 17.3 Å². The van der Waals surface area contributed by atoms with Gasteiger partial charge in [0.05, 0.1) is 0 Å². The Morgan fingerprint density at radius 3 is 2.50 bits per heavy atom. The zero-order valence-electron chi connectivity index (χ0n) is 10.3.